The number of benzene rings is 1. The van der Waals surface area contributed by atoms with Crippen molar-refractivity contribution in [3.8, 4) is 0 Å². The average molecular weight is 365 g/mol. The lowest BCUT2D eigenvalue weighted by atomic mass is 9.83. The molecule has 1 aliphatic rings. The van der Waals surface area contributed by atoms with Crippen LogP contribution in [-0.4, -0.2) is 46.4 Å². The Morgan fingerprint density at radius 1 is 1.42 bits per heavy atom. The zero-order valence-electron chi connectivity index (χ0n) is 14.5. The summed E-state index contributed by atoms with van der Waals surface area (Å²) >= 11 is 0. The van der Waals surface area contributed by atoms with Gasteiger partial charge in [-0.15, -0.1) is 0 Å². The molecule has 2 atom stereocenters. The number of allylic oxidation sites excluding steroid dienone is 1. The van der Waals surface area contributed by atoms with Crippen LogP contribution >= 0.6 is 0 Å². The van der Waals surface area contributed by atoms with Crippen molar-refractivity contribution in [1.29, 1.82) is 0 Å². The predicted molar refractivity (Wildman–Crippen MR) is 88.2 cm³/mol. The maximum atomic E-state index is 12.5. The maximum absolute atomic E-state index is 12.5. The Kier molecular flexibility index (Phi) is 5.28. The number of para-hydroxylation sites is 1. The van der Waals surface area contributed by atoms with Crippen LogP contribution < -0.4 is 5.84 Å². The molecule has 0 amide bonds. The Morgan fingerprint density at radius 3 is 2.58 bits per heavy atom. The summed E-state index contributed by atoms with van der Waals surface area (Å²) in [5.74, 6) is 2.39. The molecule has 0 aromatic heterocycles. The number of methoxy groups -OCH3 is 1. The van der Waals surface area contributed by atoms with Crippen molar-refractivity contribution in [2.24, 2.45) is 5.84 Å². The molecule has 0 spiro atoms. The van der Waals surface area contributed by atoms with Gasteiger partial charge in [0.25, 0.3) is 11.4 Å². The third kappa shape index (κ3) is 2.78. The number of rotatable bonds is 5. The van der Waals surface area contributed by atoms with E-state index in [-0.39, 0.29) is 29.1 Å². The van der Waals surface area contributed by atoms with Gasteiger partial charge in [-0.1, -0.05) is 18.2 Å². The number of carbonyl (C=O) groups is 2. The number of aliphatic hydroxyl groups is 1. The summed E-state index contributed by atoms with van der Waals surface area (Å²) in [5, 5.41) is 23.2. The van der Waals surface area contributed by atoms with Crippen LogP contribution in [0.25, 0.3) is 0 Å². The van der Waals surface area contributed by atoms with E-state index in [1.54, 1.807) is 0 Å². The minimum atomic E-state index is -2.55. The Hall–Kier alpha value is -2.98. The first-order chi connectivity index (χ1) is 12.2. The van der Waals surface area contributed by atoms with Gasteiger partial charge in [-0.05, 0) is 13.8 Å². The number of nitro benzene ring substituents is 1. The maximum Gasteiger partial charge on any atom is 0.362 e. The Morgan fingerprint density at radius 2 is 2.04 bits per heavy atom. The molecule has 3 N–H and O–H groups in total. The van der Waals surface area contributed by atoms with E-state index in [1.807, 2.05) is 0 Å². The Balaban J connectivity index is 2.79. The van der Waals surface area contributed by atoms with E-state index in [0.717, 1.165) is 7.11 Å². The fourth-order valence-corrected chi connectivity index (χ4v) is 3.03. The van der Waals surface area contributed by atoms with Crippen molar-refractivity contribution in [1.82, 2.24) is 5.01 Å². The van der Waals surface area contributed by atoms with Crippen LogP contribution in [0.3, 0.4) is 0 Å². The first-order valence-corrected chi connectivity index (χ1v) is 7.68. The molecule has 0 fully saturated rings. The first kappa shape index (κ1) is 19.3. The normalized spacial score (nSPS) is 22.3. The molecular weight excluding hydrogens is 346 g/mol. The number of nitro groups is 1. The molecule has 1 aliphatic heterocycles. The molecule has 0 bridgehead atoms. The second kappa shape index (κ2) is 7.10. The SMILES string of the molecule is CCOC(=O)C1(O)C(c2ccccc2[N+](=O)[O-])C(C(=O)OC)=C(C)N1N. The minimum Gasteiger partial charge on any atom is -0.466 e. The van der Waals surface area contributed by atoms with E-state index in [1.165, 1.54) is 38.1 Å². The molecule has 0 saturated carbocycles. The largest absolute Gasteiger partial charge is 0.466 e. The van der Waals surface area contributed by atoms with Crippen LogP contribution in [0.15, 0.2) is 35.5 Å². The van der Waals surface area contributed by atoms with E-state index in [2.05, 4.69) is 0 Å². The summed E-state index contributed by atoms with van der Waals surface area (Å²) in [5.41, 5.74) is -3.13. The third-order valence-electron chi connectivity index (χ3n) is 4.24. The zero-order valence-corrected chi connectivity index (χ0v) is 14.5. The lowest BCUT2D eigenvalue weighted by Crippen LogP contribution is -2.58. The molecule has 2 rings (SSSR count). The van der Waals surface area contributed by atoms with Gasteiger partial charge >= 0.3 is 11.9 Å². The number of hydrogen-bond acceptors (Lipinski definition) is 9. The number of carbonyl (C=O) groups excluding carboxylic acids is 2. The molecule has 1 aromatic rings. The van der Waals surface area contributed by atoms with Gasteiger partial charge in [-0.2, -0.15) is 0 Å². The van der Waals surface area contributed by atoms with E-state index in [0.29, 0.717) is 5.01 Å². The van der Waals surface area contributed by atoms with E-state index in [4.69, 9.17) is 15.3 Å². The molecular formula is C16H19N3O7. The lowest BCUT2D eigenvalue weighted by Gasteiger charge is -2.34. The summed E-state index contributed by atoms with van der Waals surface area (Å²) in [4.78, 5) is 35.6. The van der Waals surface area contributed by atoms with Crippen LogP contribution in [0, 0.1) is 10.1 Å². The average Bonchev–Trinajstić information content (AvgIpc) is 2.83. The number of esters is 2. The highest BCUT2D eigenvalue weighted by Gasteiger charge is 2.60. The topological polar surface area (TPSA) is 145 Å². The smallest absolute Gasteiger partial charge is 0.362 e. The van der Waals surface area contributed by atoms with Gasteiger partial charge in [0.05, 0.1) is 30.1 Å². The number of ether oxygens (including phenoxy) is 2. The molecule has 1 aromatic carbocycles. The highest BCUT2D eigenvalue weighted by Crippen LogP contribution is 2.48. The number of hydrogen-bond donors (Lipinski definition) is 2. The van der Waals surface area contributed by atoms with Crippen LogP contribution in [0.2, 0.25) is 0 Å². The van der Waals surface area contributed by atoms with Crippen LogP contribution in [-0.2, 0) is 19.1 Å². The fourth-order valence-electron chi connectivity index (χ4n) is 3.03. The predicted octanol–water partition coefficient (Wildman–Crippen LogP) is 0.566. The van der Waals surface area contributed by atoms with Crippen molar-refractivity contribution in [2.75, 3.05) is 13.7 Å². The van der Waals surface area contributed by atoms with Gasteiger partial charge in [-0.25, -0.2) is 15.4 Å². The van der Waals surface area contributed by atoms with Crippen LogP contribution in [0.1, 0.15) is 25.3 Å². The van der Waals surface area contributed by atoms with Gasteiger partial charge in [0.15, 0.2) is 0 Å². The standard InChI is InChI=1S/C16H19N3O7/c1-4-26-15(21)16(22)13(10-7-5-6-8-11(10)19(23)24)12(14(20)25-3)9(2)18(16)17/h5-8,13,22H,4,17H2,1-3H3. The monoisotopic (exact) mass is 365 g/mol. The van der Waals surface area contributed by atoms with E-state index in [9.17, 15) is 24.8 Å². The van der Waals surface area contributed by atoms with Crippen molar-refractivity contribution in [3.63, 3.8) is 0 Å². The number of hydrazine groups is 1. The first-order valence-electron chi connectivity index (χ1n) is 7.68. The molecule has 0 aliphatic carbocycles. The van der Waals surface area contributed by atoms with E-state index >= 15 is 0 Å². The molecule has 10 nitrogen and oxygen atoms in total. The molecule has 0 saturated heterocycles. The molecule has 0 radical (unpaired) electrons. The van der Waals surface area contributed by atoms with Gasteiger partial charge in [0.2, 0.25) is 0 Å². The van der Waals surface area contributed by atoms with Crippen LogP contribution in [0.5, 0.6) is 0 Å². The molecule has 10 heteroatoms. The summed E-state index contributed by atoms with van der Waals surface area (Å²) in [7, 11) is 1.11. The lowest BCUT2D eigenvalue weighted by molar-refractivity contribution is -0.385. The quantitative estimate of drug-likeness (QED) is 0.331. The summed E-state index contributed by atoms with van der Waals surface area (Å²) in [6, 6.07) is 5.44. The molecule has 2 unspecified atom stereocenters. The summed E-state index contributed by atoms with van der Waals surface area (Å²) in [6.07, 6.45) is 0. The van der Waals surface area contributed by atoms with Crippen molar-refractivity contribution >= 4 is 17.6 Å². The van der Waals surface area contributed by atoms with Gasteiger partial charge < -0.3 is 14.6 Å². The highest BCUT2D eigenvalue weighted by atomic mass is 16.6. The van der Waals surface area contributed by atoms with Gasteiger partial charge in [-0.3, -0.25) is 15.1 Å². The summed E-state index contributed by atoms with van der Waals surface area (Å²) < 4.78 is 9.63. The van der Waals surface area contributed by atoms with E-state index < -0.39 is 28.5 Å². The fraction of sp³-hybridized carbons (Fsp3) is 0.375. The zero-order chi connectivity index (χ0) is 19.6. The van der Waals surface area contributed by atoms with Gasteiger partial charge in [0, 0.05) is 17.3 Å². The van der Waals surface area contributed by atoms with Crippen molar-refractivity contribution in [2.45, 2.75) is 25.5 Å². The molecule has 1 heterocycles. The number of nitrogens with zero attached hydrogens (tertiary/aromatic N) is 2. The van der Waals surface area contributed by atoms with Crippen molar-refractivity contribution < 1.29 is 29.1 Å². The second-order valence-electron chi connectivity index (χ2n) is 5.56. The molecule has 140 valence electrons. The minimum absolute atomic E-state index is 0.0376. The third-order valence-corrected chi connectivity index (χ3v) is 4.24. The Labute approximate surface area is 148 Å². The molecule has 26 heavy (non-hydrogen) atoms. The number of nitrogens with two attached hydrogens (primary N) is 1. The summed E-state index contributed by atoms with van der Waals surface area (Å²) in [6.45, 7) is 2.86. The van der Waals surface area contributed by atoms with Gasteiger partial charge in [0.1, 0.15) is 0 Å². The highest BCUT2D eigenvalue weighted by molar-refractivity contribution is 5.96. The Bertz CT molecular complexity index is 792. The van der Waals surface area contributed by atoms with Crippen LogP contribution in [0.4, 0.5) is 5.69 Å². The van der Waals surface area contributed by atoms with Crippen molar-refractivity contribution in [3.05, 3.63) is 51.2 Å². The second-order valence-corrected chi connectivity index (χ2v) is 5.56.